The van der Waals surface area contributed by atoms with E-state index in [0.29, 0.717) is 0 Å². The molecule has 1 heterocycles. The highest BCUT2D eigenvalue weighted by atomic mass is 32.1. The topological polar surface area (TPSA) is 3.24 Å². The maximum absolute atomic E-state index is 2.32. The minimum atomic E-state index is 1.18. The van der Waals surface area contributed by atoms with Crippen molar-refractivity contribution in [2.75, 3.05) is 11.9 Å². The smallest absolute Gasteiger partial charge is 0.0420 e. The number of hydrogen-bond donors (Lipinski definition) is 0. The predicted octanol–water partition coefficient (Wildman–Crippen LogP) is 9.16. The zero-order valence-corrected chi connectivity index (χ0v) is 19.2. The van der Waals surface area contributed by atoms with E-state index in [4.69, 9.17) is 0 Å². The van der Waals surface area contributed by atoms with Crippen LogP contribution in [0.4, 0.5) is 11.4 Å². The second-order valence-corrected chi connectivity index (χ2v) is 9.42. The van der Waals surface area contributed by atoms with Crippen LogP contribution >= 0.6 is 11.3 Å². The zero-order valence-electron chi connectivity index (χ0n) is 18.4. The van der Waals surface area contributed by atoms with E-state index >= 15 is 0 Å². The van der Waals surface area contributed by atoms with Crippen molar-refractivity contribution in [1.82, 2.24) is 0 Å². The van der Waals surface area contributed by atoms with Crippen molar-refractivity contribution in [2.24, 2.45) is 0 Å². The average Bonchev–Trinajstić information content (AvgIpc) is 3.27. The van der Waals surface area contributed by atoms with Gasteiger partial charge in [-0.05, 0) is 64.7 Å². The molecular weight excluding hydrogens is 418 g/mol. The second-order valence-electron chi connectivity index (χ2n) is 8.34. The van der Waals surface area contributed by atoms with E-state index in [1.807, 2.05) is 11.3 Å². The molecule has 0 atom stereocenters. The molecule has 0 aliphatic heterocycles. The third kappa shape index (κ3) is 3.69. The lowest BCUT2D eigenvalue weighted by Crippen LogP contribution is -2.09. The van der Waals surface area contributed by atoms with Crippen molar-refractivity contribution in [3.8, 4) is 22.3 Å². The molecule has 158 valence electrons. The van der Waals surface area contributed by atoms with E-state index < -0.39 is 0 Å². The molecule has 0 aliphatic rings. The Morgan fingerprint density at radius 3 is 1.70 bits per heavy atom. The Labute approximate surface area is 198 Å². The lowest BCUT2D eigenvalue weighted by molar-refractivity contribution is 1.21. The van der Waals surface area contributed by atoms with Crippen LogP contribution in [0.25, 0.3) is 42.4 Å². The maximum Gasteiger partial charge on any atom is 0.0420 e. The first-order valence-corrected chi connectivity index (χ1v) is 12.0. The van der Waals surface area contributed by atoms with Crippen molar-refractivity contribution in [2.45, 2.75) is 0 Å². The predicted molar refractivity (Wildman–Crippen MR) is 145 cm³/mol. The van der Waals surface area contributed by atoms with Crippen LogP contribution in [0.15, 0.2) is 121 Å². The summed E-state index contributed by atoms with van der Waals surface area (Å²) in [6.07, 6.45) is 0. The van der Waals surface area contributed by atoms with Crippen molar-refractivity contribution >= 4 is 42.9 Å². The van der Waals surface area contributed by atoms with Gasteiger partial charge in [0, 0.05) is 38.6 Å². The molecule has 5 aromatic carbocycles. The van der Waals surface area contributed by atoms with Crippen LogP contribution in [0.3, 0.4) is 0 Å². The monoisotopic (exact) mass is 441 g/mol. The number of rotatable bonds is 4. The molecular formula is C31H23NS. The largest absolute Gasteiger partial charge is 0.345 e. The molecule has 0 radical (unpaired) electrons. The quantitative estimate of drug-likeness (QED) is 0.263. The van der Waals surface area contributed by atoms with E-state index in [1.54, 1.807) is 0 Å². The molecule has 0 N–H and O–H groups in total. The molecule has 6 aromatic rings. The molecule has 0 saturated heterocycles. The molecule has 0 saturated carbocycles. The van der Waals surface area contributed by atoms with Crippen LogP contribution in [0.2, 0.25) is 0 Å². The highest BCUT2D eigenvalue weighted by Gasteiger charge is 2.12. The van der Waals surface area contributed by atoms with Gasteiger partial charge in [0.05, 0.1) is 0 Å². The number of anilines is 2. The molecule has 0 aliphatic carbocycles. The third-order valence-electron chi connectivity index (χ3n) is 6.27. The van der Waals surface area contributed by atoms with Crippen molar-refractivity contribution in [1.29, 1.82) is 0 Å². The molecule has 0 amide bonds. The third-order valence-corrected chi connectivity index (χ3v) is 7.42. The number of fused-ring (bicyclic) bond motifs is 3. The Morgan fingerprint density at radius 2 is 1.03 bits per heavy atom. The normalized spacial score (nSPS) is 11.2. The highest BCUT2D eigenvalue weighted by molar-refractivity contribution is 7.25. The van der Waals surface area contributed by atoms with Crippen LogP contribution in [-0.2, 0) is 0 Å². The van der Waals surface area contributed by atoms with Crippen LogP contribution in [-0.4, -0.2) is 7.05 Å². The molecule has 1 aromatic heterocycles. The summed E-state index contributed by atoms with van der Waals surface area (Å²) in [5.41, 5.74) is 7.26. The second kappa shape index (κ2) is 8.23. The lowest BCUT2D eigenvalue weighted by atomic mass is 9.97. The molecule has 0 unspecified atom stereocenters. The Bertz CT molecular complexity index is 1510. The molecule has 0 spiro atoms. The van der Waals surface area contributed by atoms with E-state index in [1.165, 1.54) is 53.8 Å². The van der Waals surface area contributed by atoms with Crippen LogP contribution in [0.5, 0.6) is 0 Å². The van der Waals surface area contributed by atoms with Gasteiger partial charge in [0.2, 0.25) is 0 Å². The SMILES string of the molecule is CN(c1cc(-c2ccccc2)cc(-c2ccccc2)c1)c1ccc2sc3ccccc3c2c1. The van der Waals surface area contributed by atoms with E-state index in [2.05, 4.69) is 133 Å². The Balaban J connectivity index is 1.50. The maximum atomic E-state index is 2.32. The Hall–Kier alpha value is -3.88. The summed E-state index contributed by atoms with van der Waals surface area (Å²) in [6, 6.07) is 43.6. The minimum Gasteiger partial charge on any atom is -0.345 e. The van der Waals surface area contributed by atoms with E-state index in [0.717, 1.165) is 0 Å². The fourth-order valence-corrected chi connectivity index (χ4v) is 5.56. The molecule has 0 fully saturated rings. The summed E-state index contributed by atoms with van der Waals surface area (Å²) >= 11 is 1.86. The van der Waals surface area contributed by atoms with Gasteiger partial charge in [-0.25, -0.2) is 0 Å². The van der Waals surface area contributed by atoms with Gasteiger partial charge in [-0.1, -0.05) is 78.9 Å². The summed E-state index contributed by atoms with van der Waals surface area (Å²) in [5, 5.41) is 2.65. The average molecular weight is 442 g/mol. The molecule has 0 bridgehead atoms. The van der Waals surface area contributed by atoms with E-state index in [-0.39, 0.29) is 0 Å². The van der Waals surface area contributed by atoms with Crippen LogP contribution in [0, 0.1) is 0 Å². The zero-order chi connectivity index (χ0) is 22.2. The minimum absolute atomic E-state index is 1.18. The molecule has 6 rings (SSSR count). The summed E-state index contributed by atoms with van der Waals surface area (Å²) in [5.74, 6) is 0. The van der Waals surface area contributed by atoms with Gasteiger partial charge in [0.25, 0.3) is 0 Å². The van der Waals surface area contributed by atoms with Crippen molar-refractivity contribution in [3.63, 3.8) is 0 Å². The van der Waals surface area contributed by atoms with Crippen molar-refractivity contribution in [3.05, 3.63) is 121 Å². The van der Waals surface area contributed by atoms with E-state index in [9.17, 15) is 0 Å². The summed E-state index contributed by atoms with van der Waals surface area (Å²) in [6.45, 7) is 0. The van der Waals surface area contributed by atoms with Gasteiger partial charge >= 0.3 is 0 Å². The Morgan fingerprint density at radius 1 is 0.455 bits per heavy atom. The first kappa shape index (κ1) is 19.8. The number of hydrogen-bond acceptors (Lipinski definition) is 2. The van der Waals surface area contributed by atoms with Gasteiger partial charge in [-0.2, -0.15) is 0 Å². The fourth-order valence-electron chi connectivity index (χ4n) is 4.47. The number of benzene rings is 5. The summed E-state index contributed by atoms with van der Waals surface area (Å²) in [7, 11) is 2.16. The van der Waals surface area contributed by atoms with Gasteiger partial charge in [-0.15, -0.1) is 11.3 Å². The first-order valence-electron chi connectivity index (χ1n) is 11.2. The van der Waals surface area contributed by atoms with Gasteiger partial charge < -0.3 is 4.90 Å². The van der Waals surface area contributed by atoms with Gasteiger partial charge in [0.1, 0.15) is 0 Å². The number of nitrogens with zero attached hydrogens (tertiary/aromatic N) is 1. The van der Waals surface area contributed by atoms with Gasteiger partial charge in [0.15, 0.2) is 0 Å². The molecule has 1 nitrogen and oxygen atoms in total. The number of thiophene rings is 1. The lowest BCUT2D eigenvalue weighted by Gasteiger charge is -2.22. The highest BCUT2D eigenvalue weighted by Crippen LogP contribution is 2.38. The molecule has 33 heavy (non-hydrogen) atoms. The van der Waals surface area contributed by atoms with Crippen LogP contribution in [0.1, 0.15) is 0 Å². The Kier molecular flexibility index (Phi) is 4.93. The van der Waals surface area contributed by atoms with Crippen molar-refractivity contribution < 1.29 is 0 Å². The molecule has 2 heteroatoms. The summed E-state index contributed by atoms with van der Waals surface area (Å²) in [4.78, 5) is 2.30. The fraction of sp³-hybridized carbons (Fsp3) is 0.0323. The van der Waals surface area contributed by atoms with Crippen LogP contribution < -0.4 is 4.90 Å². The first-order chi connectivity index (χ1) is 16.3. The summed E-state index contributed by atoms with van der Waals surface area (Å²) < 4.78 is 2.67. The van der Waals surface area contributed by atoms with Gasteiger partial charge in [-0.3, -0.25) is 0 Å². The standard InChI is InChI=1S/C31H23NS/c1-32(26-16-17-31-29(21-26)28-14-8-9-15-30(28)33-31)27-19-24(22-10-4-2-5-11-22)18-25(20-27)23-12-6-3-7-13-23/h2-21H,1H3.